The maximum atomic E-state index is 12.1. The van der Waals surface area contributed by atoms with Crippen LogP contribution in [0.15, 0.2) is 18.2 Å². The second-order valence-corrected chi connectivity index (χ2v) is 5.90. The van der Waals surface area contributed by atoms with Crippen LogP contribution in [-0.4, -0.2) is 41.5 Å². The molecular formula is C15H13Cl2N3O3. The molecule has 1 aliphatic heterocycles. The standard InChI is InChI=1S/C15H13Cl2N3O3/c1-8-2-3-9-10(16)6-11(17)14(13(9)19-8)23-7-12(21)20-5-4-18-15(20)22/h2-3,6H,4-5,7H2,1H3,(H,18,22). The third kappa shape index (κ3) is 3.04. The molecule has 0 aliphatic carbocycles. The number of nitrogens with one attached hydrogen (secondary N) is 1. The van der Waals surface area contributed by atoms with E-state index in [0.29, 0.717) is 29.0 Å². The van der Waals surface area contributed by atoms with Gasteiger partial charge < -0.3 is 10.1 Å². The molecule has 6 nitrogen and oxygen atoms in total. The van der Waals surface area contributed by atoms with Gasteiger partial charge in [0.15, 0.2) is 12.4 Å². The molecule has 120 valence electrons. The number of halogens is 2. The minimum atomic E-state index is -0.438. The number of imide groups is 1. The van der Waals surface area contributed by atoms with Crippen molar-refractivity contribution in [2.45, 2.75) is 6.92 Å². The summed E-state index contributed by atoms with van der Waals surface area (Å²) in [5.41, 5.74) is 1.26. The topological polar surface area (TPSA) is 71.5 Å². The molecule has 2 aromatic rings. The van der Waals surface area contributed by atoms with Crippen molar-refractivity contribution >= 4 is 46.0 Å². The molecule has 2 heterocycles. The Kier molecular flexibility index (Phi) is 4.28. The number of carbonyl (C=O) groups excluding carboxylic acids is 2. The number of amides is 3. The van der Waals surface area contributed by atoms with Crippen LogP contribution >= 0.6 is 23.2 Å². The number of hydrogen-bond donors (Lipinski definition) is 1. The zero-order chi connectivity index (χ0) is 16.6. The third-order valence-electron chi connectivity index (χ3n) is 3.48. The Bertz CT molecular complexity index is 810. The van der Waals surface area contributed by atoms with Crippen LogP contribution in [0.5, 0.6) is 5.75 Å². The second-order valence-electron chi connectivity index (χ2n) is 5.08. The predicted octanol–water partition coefficient (Wildman–Crippen LogP) is 2.78. The van der Waals surface area contributed by atoms with E-state index in [2.05, 4.69) is 10.3 Å². The average molecular weight is 354 g/mol. The van der Waals surface area contributed by atoms with Gasteiger partial charge in [0.05, 0.1) is 10.0 Å². The Morgan fingerprint density at radius 2 is 2.17 bits per heavy atom. The summed E-state index contributed by atoms with van der Waals surface area (Å²) in [4.78, 5) is 29.0. The lowest BCUT2D eigenvalue weighted by atomic mass is 10.2. The maximum absolute atomic E-state index is 12.1. The Morgan fingerprint density at radius 1 is 1.39 bits per heavy atom. The number of hydrogen-bond acceptors (Lipinski definition) is 4. The highest BCUT2D eigenvalue weighted by atomic mass is 35.5. The summed E-state index contributed by atoms with van der Waals surface area (Å²) in [7, 11) is 0. The van der Waals surface area contributed by atoms with E-state index >= 15 is 0 Å². The van der Waals surface area contributed by atoms with Crippen LogP contribution in [0, 0.1) is 6.92 Å². The highest BCUT2D eigenvalue weighted by Gasteiger charge is 2.26. The lowest BCUT2D eigenvalue weighted by Gasteiger charge is -2.15. The molecule has 0 unspecified atom stereocenters. The number of benzene rings is 1. The molecule has 1 aromatic carbocycles. The van der Waals surface area contributed by atoms with E-state index in [0.717, 1.165) is 10.6 Å². The number of aryl methyl sites for hydroxylation is 1. The molecule has 1 saturated heterocycles. The van der Waals surface area contributed by atoms with Crippen molar-refractivity contribution in [1.82, 2.24) is 15.2 Å². The van der Waals surface area contributed by atoms with Crippen LogP contribution < -0.4 is 10.1 Å². The van der Waals surface area contributed by atoms with Crippen LogP contribution in [-0.2, 0) is 4.79 Å². The van der Waals surface area contributed by atoms with Crippen molar-refractivity contribution in [2.24, 2.45) is 0 Å². The first kappa shape index (κ1) is 15.8. The van der Waals surface area contributed by atoms with Crippen molar-refractivity contribution in [3.05, 3.63) is 33.9 Å². The van der Waals surface area contributed by atoms with E-state index in [9.17, 15) is 9.59 Å². The van der Waals surface area contributed by atoms with Crippen LogP contribution in [0.1, 0.15) is 5.69 Å². The van der Waals surface area contributed by atoms with Crippen molar-refractivity contribution in [1.29, 1.82) is 0 Å². The summed E-state index contributed by atoms with van der Waals surface area (Å²) in [5, 5.41) is 3.96. The van der Waals surface area contributed by atoms with E-state index in [4.69, 9.17) is 27.9 Å². The van der Waals surface area contributed by atoms with Crippen molar-refractivity contribution in [3.63, 3.8) is 0 Å². The van der Waals surface area contributed by atoms with Gasteiger partial charge in [0, 0.05) is 24.2 Å². The zero-order valence-electron chi connectivity index (χ0n) is 12.2. The number of fused-ring (bicyclic) bond motifs is 1. The van der Waals surface area contributed by atoms with Crippen LogP contribution in [0.25, 0.3) is 10.9 Å². The summed E-state index contributed by atoms with van der Waals surface area (Å²) in [6.45, 7) is 2.29. The SMILES string of the molecule is Cc1ccc2c(Cl)cc(Cl)c(OCC(=O)N3CCNC3=O)c2n1. The fourth-order valence-electron chi connectivity index (χ4n) is 2.35. The minimum Gasteiger partial charge on any atom is -0.480 e. The summed E-state index contributed by atoms with van der Waals surface area (Å²) >= 11 is 12.3. The fourth-order valence-corrected chi connectivity index (χ4v) is 2.92. The fraction of sp³-hybridized carbons (Fsp3) is 0.267. The zero-order valence-corrected chi connectivity index (χ0v) is 13.7. The predicted molar refractivity (Wildman–Crippen MR) is 87.1 cm³/mol. The van der Waals surface area contributed by atoms with Gasteiger partial charge in [-0.3, -0.25) is 9.69 Å². The van der Waals surface area contributed by atoms with Gasteiger partial charge in [-0.25, -0.2) is 9.78 Å². The lowest BCUT2D eigenvalue weighted by Crippen LogP contribution is -2.37. The van der Waals surface area contributed by atoms with Crippen LogP contribution in [0.4, 0.5) is 4.79 Å². The van der Waals surface area contributed by atoms with E-state index in [1.807, 2.05) is 19.1 Å². The van der Waals surface area contributed by atoms with Crippen LogP contribution in [0.3, 0.4) is 0 Å². The number of urea groups is 1. The molecule has 1 N–H and O–H groups in total. The van der Waals surface area contributed by atoms with Crippen molar-refractivity contribution in [2.75, 3.05) is 19.7 Å². The largest absolute Gasteiger partial charge is 0.480 e. The average Bonchev–Trinajstić information content (AvgIpc) is 2.92. The maximum Gasteiger partial charge on any atom is 0.324 e. The highest BCUT2D eigenvalue weighted by molar-refractivity contribution is 6.39. The van der Waals surface area contributed by atoms with Gasteiger partial charge in [0.1, 0.15) is 5.52 Å². The molecule has 23 heavy (non-hydrogen) atoms. The molecule has 1 aromatic heterocycles. The Morgan fingerprint density at radius 3 is 2.87 bits per heavy atom. The molecule has 3 amide bonds. The monoisotopic (exact) mass is 353 g/mol. The van der Waals surface area contributed by atoms with E-state index in [-0.39, 0.29) is 17.4 Å². The second kappa shape index (κ2) is 6.22. The summed E-state index contributed by atoms with van der Waals surface area (Å²) in [5.74, 6) is -0.158. The molecule has 1 fully saturated rings. The molecule has 0 bridgehead atoms. The highest BCUT2D eigenvalue weighted by Crippen LogP contribution is 2.37. The van der Waals surface area contributed by atoms with Gasteiger partial charge >= 0.3 is 6.03 Å². The summed E-state index contributed by atoms with van der Waals surface area (Å²) in [6.07, 6.45) is 0. The van der Waals surface area contributed by atoms with Gasteiger partial charge in [-0.1, -0.05) is 23.2 Å². The van der Waals surface area contributed by atoms with Gasteiger partial charge in [-0.2, -0.15) is 0 Å². The number of aromatic nitrogens is 1. The summed E-state index contributed by atoms with van der Waals surface area (Å²) in [6, 6.07) is 4.77. The van der Waals surface area contributed by atoms with Gasteiger partial charge in [0.2, 0.25) is 0 Å². The Hall–Kier alpha value is -2.05. The molecular weight excluding hydrogens is 341 g/mol. The first-order valence-corrected chi connectivity index (χ1v) is 7.69. The Balaban J connectivity index is 1.89. The number of carbonyl (C=O) groups is 2. The molecule has 0 atom stereocenters. The molecule has 1 aliphatic rings. The molecule has 3 rings (SSSR count). The minimum absolute atomic E-state index is 0.263. The first-order chi connectivity index (χ1) is 11.0. The molecule has 0 spiro atoms. The summed E-state index contributed by atoms with van der Waals surface area (Å²) < 4.78 is 5.56. The van der Waals surface area contributed by atoms with Crippen molar-refractivity contribution in [3.8, 4) is 5.75 Å². The van der Waals surface area contributed by atoms with Gasteiger partial charge in [-0.15, -0.1) is 0 Å². The number of rotatable bonds is 3. The normalized spacial score (nSPS) is 14.2. The number of pyridine rings is 1. The third-order valence-corrected chi connectivity index (χ3v) is 4.07. The molecule has 0 saturated carbocycles. The smallest absolute Gasteiger partial charge is 0.324 e. The lowest BCUT2D eigenvalue weighted by molar-refractivity contribution is -0.129. The van der Waals surface area contributed by atoms with Gasteiger partial charge in [0.25, 0.3) is 5.91 Å². The van der Waals surface area contributed by atoms with E-state index < -0.39 is 11.9 Å². The van der Waals surface area contributed by atoms with Crippen LogP contribution in [0.2, 0.25) is 10.0 Å². The number of nitrogens with zero attached hydrogens (tertiary/aromatic N) is 2. The Labute approximate surface area is 142 Å². The van der Waals surface area contributed by atoms with E-state index in [1.54, 1.807) is 6.07 Å². The molecule has 8 heteroatoms. The number of ether oxygens (including phenoxy) is 1. The first-order valence-electron chi connectivity index (χ1n) is 6.93. The van der Waals surface area contributed by atoms with E-state index in [1.165, 1.54) is 0 Å². The molecule has 0 radical (unpaired) electrons. The quantitative estimate of drug-likeness (QED) is 0.920. The van der Waals surface area contributed by atoms with Crippen molar-refractivity contribution < 1.29 is 14.3 Å². The van der Waals surface area contributed by atoms with Gasteiger partial charge in [-0.05, 0) is 25.1 Å².